The Bertz CT molecular complexity index is 4300. The summed E-state index contributed by atoms with van der Waals surface area (Å²) in [5.41, 5.74) is 14.7. The van der Waals surface area contributed by atoms with Gasteiger partial charge in [-0.3, -0.25) is 0 Å². The molecule has 0 radical (unpaired) electrons. The number of hydrogen-bond donors (Lipinski definition) is 0. The van der Waals surface area contributed by atoms with E-state index in [0.29, 0.717) is 0 Å². The third kappa shape index (κ3) is 7.17. The van der Waals surface area contributed by atoms with E-state index in [1.54, 1.807) is 0 Å². The van der Waals surface area contributed by atoms with Crippen LogP contribution in [-0.4, -0.2) is 4.57 Å². The molecule has 0 saturated heterocycles. The normalized spacial score (nSPS) is 11.6. The third-order valence-electron chi connectivity index (χ3n) is 14.3. The Kier molecular flexibility index (Phi) is 10.1. The first-order valence-electron chi connectivity index (χ1n) is 24.8. The van der Waals surface area contributed by atoms with Gasteiger partial charge in [0.1, 0.15) is 11.2 Å². The zero-order chi connectivity index (χ0) is 48.2. The second-order valence-electron chi connectivity index (χ2n) is 18.5. The lowest BCUT2D eigenvalue weighted by Crippen LogP contribution is -2.14. The average Bonchev–Trinajstić information content (AvgIpc) is 4.03. The number of hydrogen-bond acceptors (Lipinski definition) is 4. The fraction of sp³-hybridized carbons (Fsp3) is 0. The van der Waals surface area contributed by atoms with Gasteiger partial charge in [0.15, 0.2) is 0 Å². The highest BCUT2D eigenvalue weighted by Gasteiger charge is 2.23. The second-order valence-corrected chi connectivity index (χ2v) is 18.5. The third-order valence-corrected chi connectivity index (χ3v) is 14.3. The molecule has 0 saturated carbocycles. The predicted molar refractivity (Wildman–Crippen MR) is 307 cm³/mol. The molecule has 14 rings (SSSR count). The molecule has 14 aromatic rings. The minimum Gasteiger partial charge on any atom is -0.455 e. The fourth-order valence-corrected chi connectivity index (χ4v) is 11.1. The fourth-order valence-electron chi connectivity index (χ4n) is 11.1. The van der Waals surface area contributed by atoms with Crippen LogP contribution < -0.4 is 14.7 Å². The first kappa shape index (κ1) is 42.1. The van der Waals surface area contributed by atoms with Crippen LogP contribution in [0.15, 0.2) is 283 Å². The minimum absolute atomic E-state index is 0.885. The Labute approximate surface area is 422 Å². The van der Waals surface area contributed by atoms with Crippen LogP contribution in [0.25, 0.3) is 71.0 Å². The van der Waals surface area contributed by atoms with Crippen LogP contribution >= 0.6 is 0 Å². The summed E-state index contributed by atoms with van der Waals surface area (Å²) >= 11 is 0. The Hall–Kier alpha value is -9.84. The lowest BCUT2D eigenvalue weighted by atomic mass is 9.96. The van der Waals surface area contributed by atoms with Gasteiger partial charge in [0, 0.05) is 83.8 Å². The summed E-state index contributed by atoms with van der Waals surface area (Å²) in [5, 5.41) is 9.24. The number of rotatable bonds is 10. The van der Waals surface area contributed by atoms with Crippen molar-refractivity contribution in [1.29, 1.82) is 0 Å². The van der Waals surface area contributed by atoms with Crippen LogP contribution in [0.1, 0.15) is 0 Å². The molecule has 0 aliphatic carbocycles. The Morgan fingerprint density at radius 2 is 0.644 bits per heavy atom. The van der Waals surface area contributed by atoms with Gasteiger partial charge >= 0.3 is 0 Å². The van der Waals surface area contributed by atoms with Gasteiger partial charge in [-0.1, -0.05) is 152 Å². The number of nitrogens with zero attached hydrogens (tertiary/aromatic N) is 4. The maximum absolute atomic E-state index is 6.69. The summed E-state index contributed by atoms with van der Waals surface area (Å²) in [7, 11) is 0. The summed E-state index contributed by atoms with van der Waals surface area (Å²) in [6.07, 6.45) is 0. The van der Waals surface area contributed by atoms with E-state index in [-0.39, 0.29) is 0 Å². The smallest absolute Gasteiger partial charge is 0.143 e. The number of para-hydroxylation sites is 6. The molecule has 0 fully saturated rings. The van der Waals surface area contributed by atoms with Gasteiger partial charge < -0.3 is 23.7 Å². The van der Waals surface area contributed by atoms with Gasteiger partial charge in [-0.15, -0.1) is 0 Å². The molecule has 5 nitrogen and oxygen atoms in total. The predicted octanol–water partition coefficient (Wildman–Crippen LogP) is 19.4. The van der Waals surface area contributed by atoms with Crippen molar-refractivity contribution in [3.8, 4) is 5.69 Å². The standard InChI is InChI=1S/C68H46N4O/c1-5-21-47(22-6-1)69(48-23-7-2-8-24-48)51-29-19-31-53(43-51)71(56-40-42-65-62(45-56)59-34-15-17-37-64(59)72(65)50-27-11-4-12-28-50)54-32-20-30-52(44-54)70(49-25-9-3-10-26-49)55-39-41-58-57-33-13-14-35-60(57)68-67(63(58)46-55)61-36-16-18-38-66(61)73-68/h1-46H. The second kappa shape index (κ2) is 17.5. The van der Waals surface area contributed by atoms with Crippen LogP contribution in [0.2, 0.25) is 0 Å². The molecular formula is C68H46N4O. The topological polar surface area (TPSA) is 27.8 Å². The van der Waals surface area contributed by atoms with Crippen LogP contribution in [0, 0.1) is 0 Å². The summed E-state index contributed by atoms with van der Waals surface area (Å²) in [4.78, 5) is 7.12. The molecule has 344 valence electrons. The van der Waals surface area contributed by atoms with Crippen LogP contribution in [0.3, 0.4) is 0 Å². The quantitative estimate of drug-likeness (QED) is 0.128. The van der Waals surface area contributed by atoms with Gasteiger partial charge in [0.25, 0.3) is 0 Å². The van der Waals surface area contributed by atoms with Gasteiger partial charge in [0.05, 0.1) is 11.0 Å². The molecule has 0 atom stereocenters. The SMILES string of the molecule is c1ccc(N(c2ccccc2)c2cccc(N(c3cccc(N(c4ccccc4)c4ccc5c6ccccc6c6oc7ccccc7c6c5c4)c3)c3ccc4c(c3)c3ccccc3n4-c3ccccc3)c2)cc1. The molecule has 5 heteroatoms. The monoisotopic (exact) mass is 934 g/mol. The molecular weight excluding hydrogens is 889 g/mol. The van der Waals surface area contributed by atoms with Gasteiger partial charge in [-0.05, 0) is 144 Å². The van der Waals surface area contributed by atoms with E-state index < -0.39 is 0 Å². The zero-order valence-corrected chi connectivity index (χ0v) is 39.8. The van der Waals surface area contributed by atoms with Crippen LogP contribution in [0.4, 0.5) is 51.2 Å². The number of anilines is 9. The van der Waals surface area contributed by atoms with E-state index >= 15 is 0 Å². The molecule has 2 aromatic heterocycles. The molecule has 0 spiro atoms. The lowest BCUT2D eigenvalue weighted by Gasteiger charge is -2.31. The van der Waals surface area contributed by atoms with E-state index in [1.165, 1.54) is 27.1 Å². The van der Waals surface area contributed by atoms with E-state index in [9.17, 15) is 0 Å². The van der Waals surface area contributed by atoms with E-state index in [0.717, 1.165) is 95.1 Å². The van der Waals surface area contributed by atoms with Crippen molar-refractivity contribution in [3.63, 3.8) is 0 Å². The molecule has 0 aliphatic heterocycles. The Morgan fingerprint density at radius 1 is 0.247 bits per heavy atom. The van der Waals surface area contributed by atoms with Crippen molar-refractivity contribution in [2.24, 2.45) is 0 Å². The van der Waals surface area contributed by atoms with Gasteiger partial charge in [-0.25, -0.2) is 0 Å². The van der Waals surface area contributed by atoms with Crippen molar-refractivity contribution in [3.05, 3.63) is 279 Å². The number of aromatic nitrogens is 1. The van der Waals surface area contributed by atoms with E-state index in [2.05, 4.69) is 292 Å². The Balaban J connectivity index is 0.986. The molecule has 0 N–H and O–H groups in total. The lowest BCUT2D eigenvalue weighted by molar-refractivity contribution is 0.673. The van der Waals surface area contributed by atoms with Crippen molar-refractivity contribution in [1.82, 2.24) is 4.57 Å². The van der Waals surface area contributed by atoms with Crippen molar-refractivity contribution >= 4 is 116 Å². The van der Waals surface area contributed by atoms with Crippen LogP contribution in [0.5, 0.6) is 0 Å². The summed E-state index contributed by atoms with van der Waals surface area (Å²) in [6, 6.07) is 100. The van der Waals surface area contributed by atoms with Crippen molar-refractivity contribution < 1.29 is 4.42 Å². The Morgan fingerprint density at radius 3 is 1.25 bits per heavy atom. The molecule has 73 heavy (non-hydrogen) atoms. The maximum atomic E-state index is 6.69. The molecule has 0 aliphatic rings. The first-order valence-corrected chi connectivity index (χ1v) is 24.8. The van der Waals surface area contributed by atoms with Crippen LogP contribution in [-0.2, 0) is 0 Å². The number of fused-ring (bicyclic) bond motifs is 11. The van der Waals surface area contributed by atoms with Gasteiger partial charge in [0.2, 0.25) is 0 Å². The average molecular weight is 935 g/mol. The maximum Gasteiger partial charge on any atom is 0.143 e. The molecule has 2 heterocycles. The first-order chi connectivity index (χ1) is 36.2. The summed E-state index contributed by atoms with van der Waals surface area (Å²) in [6.45, 7) is 0. The molecule has 12 aromatic carbocycles. The van der Waals surface area contributed by atoms with Crippen molar-refractivity contribution in [2.45, 2.75) is 0 Å². The highest BCUT2D eigenvalue weighted by atomic mass is 16.3. The number of benzene rings is 12. The highest BCUT2D eigenvalue weighted by Crippen LogP contribution is 2.47. The van der Waals surface area contributed by atoms with Crippen molar-refractivity contribution in [2.75, 3.05) is 14.7 Å². The highest BCUT2D eigenvalue weighted by molar-refractivity contribution is 6.30. The molecule has 0 amide bonds. The summed E-state index contributed by atoms with van der Waals surface area (Å²) in [5.74, 6) is 0. The van der Waals surface area contributed by atoms with E-state index in [4.69, 9.17) is 4.42 Å². The molecule has 0 bridgehead atoms. The number of furan rings is 1. The summed E-state index contributed by atoms with van der Waals surface area (Å²) < 4.78 is 9.07. The minimum atomic E-state index is 0.885. The largest absolute Gasteiger partial charge is 0.455 e. The van der Waals surface area contributed by atoms with E-state index in [1.807, 2.05) is 6.07 Å². The zero-order valence-electron chi connectivity index (χ0n) is 39.8. The van der Waals surface area contributed by atoms with Gasteiger partial charge in [-0.2, -0.15) is 0 Å². The molecule has 0 unspecified atom stereocenters.